The first kappa shape index (κ1) is 23.4. The summed E-state index contributed by atoms with van der Waals surface area (Å²) in [4.78, 5) is 27.9. The van der Waals surface area contributed by atoms with Gasteiger partial charge in [0.15, 0.2) is 0 Å². The monoisotopic (exact) mass is 456 g/mol. The summed E-state index contributed by atoms with van der Waals surface area (Å²) in [5.41, 5.74) is 6.93. The number of amides is 3. The summed E-state index contributed by atoms with van der Waals surface area (Å²) >= 11 is 0. The van der Waals surface area contributed by atoms with Crippen LogP contribution in [0.3, 0.4) is 0 Å². The van der Waals surface area contributed by atoms with Gasteiger partial charge in [0, 0.05) is 30.0 Å². The maximum Gasteiger partial charge on any atom is 0.323 e. The van der Waals surface area contributed by atoms with E-state index in [2.05, 4.69) is 20.9 Å². The third-order valence-corrected chi connectivity index (χ3v) is 6.24. The minimum absolute atomic E-state index is 0.181. The second-order valence-electron chi connectivity index (χ2n) is 8.98. The van der Waals surface area contributed by atoms with E-state index >= 15 is 0 Å². The molecule has 0 unspecified atom stereocenters. The normalized spacial score (nSPS) is 13.3. The summed E-state index contributed by atoms with van der Waals surface area (Å²) < 4.78 is 0. The Morgan fingerprint density at radius 3 is 2.21 bits per heavy atom. The maximum atomic E-state index is 12.9. The molecule has 0 bridgehead atoms. The van der Waals surface area contributed by atoms with Crippen LogP contribution in [-0.4, -0.2) is 25.0 Å². The second-order valence-corrected chi connectivity index (χ2v) is 8.98. The maximum absolute atomic E-state index is 12.9. The highest BCUT2D eigenvalue weighted by Crippen LogP contribution is 2.32. The molecular formula is C28H32N4O2. The quantitative estimate of drug-likeness (QED) is 0.410. The molecule has 6 nitrogen and oxygen atoms in total. The zero-order valence-electron chi connectivity index (χ0n) is 20.1. The minimum atomic E-state index is -0.316. The van der Waals surface area contributed by atoms with Gasteiger partial charge in [-0.1, -0.05) is 23.8 Å². The summed E-state index contributed by atoms with van der Waals surface area (Å²) in [6, 6.07) is 18.7. The zero-order valence-corrected chi connectivity index (χ0v) is 20.1. The number of anilines is 4. The van der Waals surface area contributed by atoms with Crippen molar-refractivity contribution < 1.29 is 9.59 Å². The highest BCUT2D eigenvalue weighted by Gasteiger charge is 2.17. The number of urea groups is 1. The van der Waals surface area contributed by atoms with Gasteiger partial charge in [-0.05, 0) is 93.6 Å². The number of aryl methyl sites for hydroxylation is 3. The van der Waals surface area contributed by atoms with E-state index in [9.17, 15) is 9.59 Å². The van der Waals surface area contributed by atoms with Crippen molar-refractivity contribution in [2.45, 2.75) is 40.0 Å². The molecule has 4 rings (SSSR count). The van der Waals surface area contributed by atoms with E-state index in [1.807, 2.05) is 75.4 Å². The molecule has 3 amide bonds. The summed E-state index contributed by atoms with van der Waals surface area (Å²) in [5, 5.41) is 8.90. The smallest absolute Gasteiger partial charge is 0.323 e. The molecule has 0 spiro atoms. The van der Waals surface area contributed by atoms with Crippen LogP contribution in [-0.2, 0) is 0 Å². The molecule has 34 heavy (non-hydrogen) atoms. The topological polar surface area (TPSA) is 73.5 Å². The molecule has 0 aromatic heterocycles. The van der Waals surface area contributed by atoms with Gasteiger partial charge >= 0.3 is 6.03 Å². The van der Waals surface area contributed by atoms with Crippen molar-refractivity contribution in [1.29, 1.82) is 0 Å². The molecule has 0 saturated carbocycles. The summed E-state index contributed by atoms with van der Waals surface area (Å²) in [6.07, 6.45) is 3.47. The SMILES string of the molecule is Cc1cccc(C(=O)Nc2ccc(N3CCCCC3)c(NC(=O)Nc3ccc(C)c(C)c3)c2)c1. The van der Waals surface area contributed by atoms with Gasteiger partial charge in [-0.15, -0.1) is 0 Å². The van der Waals surface area contributed by atoms with Crippen LogP contribution >= 0.6 is 0 Å². The Morgan fingerprint density at radius 2 is 1.47 bits per heavy atom. The Hall–Kier alpha value is -3.80. The molecule has 1 aliphatic rings. The fourth-order valence-corrected chi connectivity index (χ4v) is 4.22. The molecule has 3 aromatic rings. The number of nitrogens with one attached hydrogen (secondary N) is 3. The van der Waals surface area contributed by atoms with Crippen LogP contribution < -0.4 is 20.9 Å². The van der Waals surface area contributed by atoms with E-state index in [4.69, 9.17) is 0 Å². The predicted octanol–water partition coefficient (Wildman–Crippen LogP) is 6.50. The van der Waals surface area contributed by atoms with Gasteiger partial charge in [-0.3, -0.25) is 4.79 Å². The van der Waals surface area contributed by atoms with Crippen molar-refractivity contribution in [2.24, 2.45) is 0 Å². The van der Waals surface area contributed by atoms with E-state index < -0.39 is 0 Å². The summed E-state index contributed by atoms with van der Waals surface area (Å²) in [5.74, 6) is -0.181. The third-order valence-electron chi connectivity index (χ3n) is 6.24. The number of hydrogen-bond donors (Lipinski definition) is 3. The van der Waals surface area contributed by atoms with Crippen LogP contribution in [0.2, 0.25) is 0 Å². The zero-order chi connectivity index (χ0) is 24.1. The van der Waals surface area contributed by atoms with Crippen molar-refractivity contribution in [1.82, 2.24) is 0 Å². The lowest BCUT2D eigenvalue weighted by atomic mass is 10.1. The number of hydrogen-bond acceptors (Lipinski definition) is 3. The van der Waals surface area contributed by atoms with Crippen molar-refractivity contribution in [2.75, 3.05) is 33.9 Å². The van der Waals surface area contributed by atoms with Crippen LogP contribution in [0.15, 0.2) is 60.7 Å². The van der Waals surface area contributed by atoms with E-state index in [1.54, 1.807) is 6.07 Å². The number of carbonyl (C=O) groups is 2. The Bertz CT molecular complexity index is 1200. The van der Waals surface area contributed by atoms with Gasteiger partial charge in [0.1, 0.15) is 0 Å². The molecule has 3 N–H and O–H groups in total. The van der Waals surface area contributed by atoms with Crippen molar-refractivity contribution >= 4 is 34.7 Å². The van der Waals surface area contributed by atoms with Crippen LogP contribution in [0, 0.1) is 20.8 Å². The van der Waals surface area contributed by atoms with E-state index in [0.717, 1.165) is 48.4 Å². The molecule has 0 atom stereocenters. The molecule has 1 heterocycles. The van der Waals surface area contributed by atoms with Gasteiger partial charge in [0.05, 0.1) is 11.4 Å². The van der Waals surface area contributed by atoms with Gasteiger partial charge in [0.25, 0.3) is 5.91 Å². The lowest BCUT2D eigenvalue weighted by Gasteiger charge is -2.31. The Morgan fingerprint density at radius 1 is 0.735 bits per heavy atom. The van der Waals surface area contributed by atoms with E-state index in [1.165, 1.54) is 12.0 Å². The summed E-state index contributed by atoms with van der Waals surface area (Å²) in [6.45, 7) is 7.92. The Kier molecular flexibility index (Phi) is 7.16. The van der Waals surface area contributed by atoms with Gasteiger partial charge in [-0.25, -0.2) is 4.79 Å². The lowest BCUT2D eigenvalue weighted by molar-refractivity contribution is 0.102. The molecule has 0 aliphatic carbocycles. The number of nitrogens with zero attached hydrogens (tertiary/aromatic N) is 1. The number of piperidine rings is 1. The van der Waals surface area contributed by atoms with Crippen LogP contribution in [0.5, 0.6) is 0 Å². The minimum Gasteiger partial charge on any atom is -0.370 e. The van der Waals surface area contributed by atoms with Gasteiger partial charge < -0.3 is 20.9 Å². The standard InChI is InChI=1S/C28H32N4O2/c1-19-8-7-9-22(16-19)27(33)29-24-12-13-26(32-14-5-4-6-15-32)25(18-24)31-28(34)30-23-11-10-20(2)21(3)17-23/h7-13,16-18H,4-6,14-15H2,1-3H3,(H,29,33)(H2,30,31,34). The molecular weight excluding hydrogens is 424 g/mol. The second kappa shape index (κ2) is 10.4. The summed E-state index contributed by atoms with van der Waals surface area (Å²) in [7, 11) is 0. The number of carbonyl (C=O) groups excluding carboxylic acids is 2. The van der Waals surface area contributed by atoms with Crippen LogP contribution in [0.1, 0.15) is 46.3 Å². The average Bonchev–Trinajstić information content (AvgIpc) is 2.82. The van der Waals surface area contributed by atoms with E-state index in [0.29, 0.717) is 16.9 Å². The molecule has 1 saturated heterocycles. The third kappa shape index (κ3) is 5.76. The van der Waals surface area contributed by atoms with Crippen molar-refractivity contribution in [3.05, 3.63) is 82.9 Å². The van der Waals surface area contributed by atoms with Crippen molar-refractivity contribution in [3.63, 3.8) is 0 Å². The van der Waals surface area contributed by atoms with E-state index in [-0.39, 0.29) is 11.9 Å². The molecule has 6 heteroatoms. The lowest BCUT2D eigenvalue weighted by Crippen LogP contribution is -2.31. The molecule has 3 aromatic carbocycles. The average molecular weight is 457 g/mol. The highest BCUT2D eigenvalue weighted by atomic mass is 16.2. The van der Waals surface area contributed by atoms with Crippen LogP contribution in [0.4, 0.5) is 27.5 Å². The first-order valence-corrected chi connectivity index (χ1v) is 11.8. The molecule has 176 valence electrons. The first-order valence-electron chi connectivity index (χ1n) is 11.8. The Balaban J connectivity index is 1.56. The fourth-order valence-electron chi connectivity index (χ4n) is 4.22. The molecule has 1 fully saturated rings. The Labute approximate surface area is 201 Å². The van der Waals surface area contributed by atoms with Crippen LogP contribution in [0.25, 0.3) is 0 Å². The highest BCUT2D eigenvalue weighted by molar-refractivity contribution is 6.06. The van der Waals surface area contributed by atoms with Crippen molar-refractivity contribution in [3.8, 4) is 0 Å². The fraction of sp³-hybridized carbons (Fsp3) is 0.286. The number of rotatable bonds is 5. The number of benzene rings is 3. The largest absolute Gasteiger partial charge is 0.370 e. The van der Waals surface area contributed by atoms with Gasteiger partial charge in [0.2, 0.25) is 0 Å². The predicted molar refractivity (Wildman–Crippen MR) is 140 cm³/mol. The molecule has 0 radical (unpaired) electrons. The molecule has 1 aliphatic heterocycles. The first-order chi connectivity index (χ1) is 16.4. The van der Waals surface area contributed by atoms with Gasteiger partial charge in [-0.2, -0.15) is 0 Å².